The molecule has 0 amide bonds. The molecule has 0 heterocycles. The van der Waals surface area contributed by atoms with Crippen molar-refractivity contribution in [2.45, 2.75) is 44.8 Å². The second-order valence-corrected chi connectivity index (χ2v) is 6.78. The molecule has 1 aliphatic carbocycles. The molecule has 0 radical (unpaired) electrons. The highest BCUT2D eigenvalue weighted by atomic mass is 79.9. The highest BCUT2D eigenvalue weighted by molar-refractivity contribution is 9.10. The third-order valence-corrected chi connectivity index (χ3v) is 4.82. The lowest BCUT2D eigenvalue weighted by Gasteiger charge is -2.29. The molecule has 0 spiro atoms. The third-order valence-electron chi connectivity index (χ3n) is 3.70. The summed E-state index contributed by atoms with van der Waals surface area (Å²) in [6.45, 7) is 2.34. The molecule has 0 saturated heterocycles. The van der Waals surface area contributed by atoms with E-state index in [2.05, 4.69) is 63.0 Å². The molecule has 1 nitrogen and oxygen atoms in total. The zero-order valence-corrected chi connectivity index (χ0v) is 13.9. The lowest BCUT2D eigenvalue weighted by Crippen LogP contribution is -2.23. The van der Waals surface area contributed by atoms with E-state index in [-0.39, 0.29) is 6.10 Å². The van der Waals surface area contributed by atoms with Crippen molar-refractivity contribution in [3.05, 3.63) is 34.3 Å². The zero-order valence-electron chi connectivity index (χ0n) is 10.7. The molecule has 1 aromatic carbocycles. The minimum absolute atomic E-state index is 0.177. The Morgan fingerprint density at radius 1 is 1.17 bits per heavy atom. The molecule has 0 bridgehead atoms. The molecule has 18 heavy (non-hydrogen) atoms. The van der Waals surface area contributed by atoms with Crippen molar-refractivity contribution in [1.82, 2.24) is 0 Å². The van der Waals surface area contributed by atoms with E-state index in [1.54, 1.807) is 0 Å². The van der Waals surface area contributed by atoms with Gasteiger partial charge in [0.05, 0.1) is 12.2 Å². The minimum atomic E-state index is 0.177. The van der Waals surface area contributed by atoms with Gasteiger partial charge in [0.15, 0.2) is 0 Å². The van der Waals surface area contributed by atoms with E-state index >= 15 is 0 Å². The number of halogens is 2. The molecular formula is C15H20Br2O. The van der Waals surface area contributed by atoms with Gasteiger partial charge < -0.3 is 4.74 Å². The second kappa shape index (κ2) is 7.06. The van der Waals surface area contributed by atoms with Crippen LogP contribution in [0.1, 0.15) is 44.3 Å². The summed E-state index contributed by atoms with van der Waals surface area (Å²) in [5.41, 5.74) is 1.26. The lowest BCUT2D eigenvalue weighted by molar-refractivity contribution is -0.0255. The number of alkyl halides is 1. The van der Waals surface area contributed by atoms with E-state index in [1.165, 1.54) is 31.2 Å². The fraction of sp³-hybridized carbons (Fsp3) is 0.600. The number of hydrogen-bond donors (Lipinski definition) is 0. The molecular weight excluding hydrogens is 356 g/mol. The molecule has 0 N–H and O–H groups in total. The molecule has 0 aromatic heterocycles. The normalized spacial score (nSPS) is 25.9. The number of ether oxygens (including phenoxy) is 1. The van der Waals surface area contributed by atoms with E-state index < -0.39 is 0 Å². The summed E-state index contributed by atoms with van der Waals surface area (Å²) < 4.78 is 7.37. The monoisotopic (exact) mass is 374 g/mol. The summed E-state index contributed by atoms with van der Waals surface area (Å²) in [7, 11) is 0. The number of benzene rings is 1. The first-order valence-electron chi connectivity index (χ1n) is 6.66. The van der Waals surface area contributed by atoms with Crippen molar-refractivity contribution < 1.29 is 4.74 Å². The summed E-state index contributed by atoms with van der Waals surface area (Å²) in [5.74, 6) is 0.875. The largest absolute Gasteiger partial charge is 0.369 e. The van der Waals surface area contributed by atoms with Gasteiger partial charge in [-0.1, -0.05) is 50.9 Å². The van der Waals surface area contributed by atoms with Gasteiger partial charge in [-0.15, -0.1) is 0 Å². The first-order valence-corrected chi connectivity index (χ1v) is 8.57. The predicted molar refractivity (Wildman–Crippen MR) is 83.2 cm³/mol. The fourth-order valence-electron chi connectivity index (χ4n) is 2.48. The van der Waals surface area contributed by atoms with Crippen molar-refractivity contribution in [1.29, 1.82) is 0 Å². The van der Waals surface area contributed by atoms with Crippen LogP contribution in [0.15, 0.2) is 28.7 Å². The Balaban J connectivity index is 1.94. The Labute approximate surface area is 127 Å². The van der Waals surface area contributed by atoms with Crippen LogP contribution in [0.25, 0.3) is 0 Å². The molecule has 0 aliphatic heterocycles. The Morgan fingerprint density at radius 3 is 2.33 bits per heavy atom. The maximum atomic E-state index is 6.25. The quantitative estimate of drug-likeness (QED) is 0.633. The molecule has 1 unspecified atom stereocenters. The van der Waals surface area contributed by atoms with Crippen LogP contribution in [0.4, 0.5) is 0 Å². The Hall–Kier alpha value is 0.140. The molecule has 1 aromatic rings. The minimum Gasteiger partial charge on any atom is -0.369 e. The predicted octanol–water partition coefficient (Wildman–Crippen LogP) is 5.48. The molecule has 3 heteroatoms. The van der Waals surface area contributed by atoms with Crippen LogP contribution in [0.2, 0.25) is 0 Å². The first kappa shape index (κ1) is 14.5. The highest BCUT2D eigenvalue weighted by Crippen LogP contribution is 2.31. The Morgan fingerprint density at radius 2 is 1.78 bits per heavy atom. The van der Waals surface area contributed by atoms with Crippen LogP contribution >= 0.6 is 31.9 Å². The van der Waals surface area contributed by atoms with E-state index in [1.807, 2.05) is 0 Å². The fourth-order valence-corrected chi connectivity index (χ4v) is 3.27. The Kier molecular flexibility index (Phi) is 5.71. The van der Waals surface area contributed by atoms with E-state index in [0.29, 0.717) is 6.10 Å². The summed E-state index contributed by atoms with van der Waals surface area (Å²) in [5, 5.41) is 0.862. The van der Waals surface area contributed by atoms with Crippen molar-refractivity contribution >= 4 is 31.9 Å². The van der Waals surface area contributed by atoms with E-state index in [0.717, 1.165) is 15.7 Å². The molecule has 1 saturated carbocycles. The van der Waals surface area contributed by atoms with Gasteiger partial charge in [-0.3, -0.25) is 0 Å². The molecule has 1 atom stereocenters. The van der Waals surface area contributed by atoms with E-state index in [4.69, 9.17) is 4.74 Å². The maximum Gasteiger partial charge on any atom is 0.0925 e. The molecule has 100 valence electrons. The average molecular weight is 376 g/mol. The van der Waals surface area contributed by atoms with Gasteiger partial charge in [-0.2, -0.15) is 0 Å². The van der Waals surface area contributed by atoms with Crippen molar-refractivity contribution in [3.8, 4) is 0 Å². The molecule has 2 rings (SSSR count). The first-order chi connectivity index (χ1) is 8.69. The topological polar surface area (TPSA) is 9.23 Å². The van der Waals surface area contributed by atoms with Crippen LogP contribution in [0.5, 0.6) is 0 Å². The van der Waals surface area contributed by atoms with Crippen molar-refractivity contribution in [2.24, 2.45) is 5.92 Å². The number of rotatable bonds is 4. The molecule has 1 aliphatic rings. The van der Waals surface area contributed by atoms with Gasteiger partial charge in [0.1, 0.15) is 0 Å². The SMILES string of the molecule is CC1CCC(OC(CBr)c2ccc(Br)cc2)CC1. The van der Waals surface area contributed by atoms with Gasteiger partial charge in [0, 0.05) is 9.80 Å². The second-order valence-electron chi connectivity index (χ2n) is 5.21. The summed E-state index contributed by atoms with van der Waals surface area (Å²) in [6, 6.07) is 8.44. The van der Waals surface area contributed by atoms with Crippen LogP contribution in [-0.4, -0.2) is 11.4 Å². The average Bonchev–Trinajstić information content (AvgIpc) is 2.39. The van der Waals surface area contributed by atoms with Crippen LogP contribution in [0.3, 0.4) is 0 Å². The maximum absolute atomic E-state index is 6.25. The smallest absolute Gasteiger partial charge is 0.0925 e. The van der Waals surface area contributed by atoms with Gasteiger partial charge in [-0.25, -0.2) is 0 Å². The summed E-state index contributed by atoms with van der Waals surface area (Å²) >= 11 is 7.04. The van der Waals surface area contributed by atoms with E-state index in [9.17, 15) is 0 Å². The van der Waals surface area contributed by atoms with Crippen molar-refractivity contribution in [3.63, 3.8) is 0 Å². The van der Waals surface area contributed by atoms with Gasteiger partial charge in [-0.05, 0) is 49.3 Å². The number of hydrogen-bond acceptors (Lipinski definition) is 1. The zero-order chi connectivity index (χ0) is 13.0. The van der Waals surface area contributed by atoms with Crippen molar-refractivity contribution in [2.75, 3.05) is 5.33 Å². The highest BCUT2D eigenvalue weighted by Gasteiger charge is 2.22. The standard InChI is InChI=1S/C15H20Br2O/c1-11-2-8-14(9-3-11)18-15(10-16)12-4-6-13(17)7-5-12/h4-7,11,14-15H,2-3,8-10H2,1H3. The molecule has 1 fully saturated rings. The Bertz CT molecular complexity index is 355. The van der Waals surface area contributed by atoms with Crippen LogP contribution in [0, 0.1) is 5.92 Å². The summed E-state index contributed by atoms with van der Waals surface area (Å²) in [6.07, 6.45) is 5.64. The van der Waals surface area contributed by atoms with Gasteiger partial charge in [0.25, 0.3) is 0 Å². The van der Waals surface area contributed by atoms with Gasteiger partial charge >= 0.3 is 0 Å². The summed E-state index contributed by atoms with van der Waals surface area (Å²) in [4.78, 5) is 0. The lowest BCUT2D eigenvalue weighted by atomic mass is 9.89. The van der Waals surface area contributed by atoms with Gasteiger partial charge in [0.2, 0.25) is 0 Å². The van der Waals surface area contributed by atoms with Crippen LogP contribution in [-0.2, 0) is 4.74 Å². The van der Waals surface area contributed by atoms with Crippen LogP contribution < -0.4 is 0 Å². The third kappa shape index (κ3) is 4.07.